The number of aromatic nitrogens is 1. The van der Waals surface area contributed by atoms with Gasteiger partial charge >= 0.3 is 5.97 Å². The fourth-order valence-electron chi connectivity index (χ4n) is 1.63. The van der Waals surface area contributed by atoms with E-state index in [1.807, 2.05) is 0 Å². The van der Waals surface area contributed by atoms with Crippen molar-refractivity contribution in [1.82, 2.24) is 4.98 Å². The number of pyridine rings is 1. The second-order valence-corrected chi connectivity index (χ2v) is 6.67. The van der Waals surface area contributed by atoms with E-state index in [0.29, 0.717) is 9.90 Å². The third-order valence-electron chi connectivity index (χ3n) is 2.86. The lowest BCUT2D eigenvalue weighted by atomic mass is 10.3. The molecule has 0 aliphatic heterocycles. The number of Topliss-reactive ketones (excluding diaryl/α,β-unsaturated/α-hetero) is 1. The summed E-state index contributed by atoms with van der Waals surface area (Å²) in [5, 5.41) is 2.94. The van der Waals surface area contributed by atoms with Gasteiger partial charge in [-0.05, 0) is 32.0 Å². The van der Waals surface area contributed by atoms with Crippen molar-refractivity contribution in [2.24, 2.45) is 0 Å². The lowest BCUT2D eigenvalue weighted by Gasteiger charge is -2.13. The van der Waals surface area contributed by atoms with Gasteiger partial charge in [-0.3, -0.25) is 9.59 Å². The number of ketones is 1. The molecule has 1 amide bonds. The minimum absolute atomic E-state index is 0.115. The first-order chi connectivity index (χ1) is 11.3. The van der Waals surface area contributed by atoms with Crippen LogP contribution >= 0.6 is 34.5 Å². The Bertz CT molecular complexity index is 807. The quantitative estimate of drug-likeness (QED) is 0.623. The van der Waals surface area contributed by atoms with Crippen LogP contribution in [-0.4, -0.2) is 28.7 Å². The van der Waals surface area contributed by atoms with Crippen molar-refractivity contribution in [3.63, 3.8) is 0 Å². The molecule has 0 aliphatic carbocycles. The van der Waals surface area contributed by atoms with Gasteiger partial charge in [-0.25, -0.2) is 9.78 Å². The van der Waals surface area contributed by atoms with E-state index < -0.39 is 18.0 Å². The third-order valence-corrected chi connectivity index (χ3v) is 4.52. The maximum Gasteiger partial charge on any atom is 0.349 e. The Kier molecular flexibility index (Phi) is 5.93. The Morgan fingerprint density at radius 1 is 1.25 bits per heavy atom. The van der Waals surface area contributed by atoms with Crippen LogP contribution in [0.2, 0.25) is 10.0 Å². The molecule has 0 aliphatic rings. The third kappa shape index (κ3) is 4.53. The van der Waals surface area contributed by atoms with E-state index in [9.17, 15) is 14.4 Å². The van der Waals surface area contributed by atoms with Gasteiger partial charge in [0.1, 0.15) is 4.88 Å². The SMILES string of the molecule is CC(=O)c1ccc(C(=O)OC(C)C(=O)Nc2ncc(Cl)cc2Cl)s1. The fraction of sp³-hybridized carbons (Fsp3) is 0.200. The Morgan fingerprint density at radius 3 is 2.50 bits per heavy atom. The molecule has 2 heterocycles. The highest BCUT2D eigenvalue weighted by molar-refractivity contribution is 7.15. The number of hydrogen-bond acceptors (Lipinski definition) is 6. The van der Waals surface area contributed by atoms with Crippen molar-refractivity contribution in [2.75, 3.05) is 5.32 Å². The van der Waals surface area contributed by atoms with Crippen LogP contribution in [0, 0.1) is 0 Å². The van der Waals surface area contributed by atoms with Crippen LogP contribution in [0.1, 0.15) is 33.2 Å². The molecule has 1 atom stereocenters. The smallest absolute Gasteiger partial charge is 0.349 e. The summed E-state index contributed by atoms with van der Waals surface area (Å²) >= 11 is 12.6. The van der Waals surface area contributed by atoms with Gasteiger partial charge < -0.3 is 10.1 Å². The number of carbonyl (C=O) groups excluding carboxylic acids is 3. The van der Waals surface area contributed by atoms with Gasteiger partial charge in [-0.1, -0.05) is 23.2 Å². The number of esters is 1. The molecule has 1 N–H and O–H groups in total. The maximum atomic E-state index is 12.1. The zero-order chi connectivity index (χ0) is 17.9. The van der Waals surface area contributed by atoms with E-state index in [4.69, 9.17) is 27.9 Å². The summed E-state index contributed by atoms with van der Waals surface area (Å²) in [5.41, 5.74) is 0. The molecule has 2 aromatic rings. The first-order valence-corrected chi connectivity index (χ1v) is 8.29. The zero-order valence-electron chi connectivity index (χ0n) is 12.6. The number of rotatable bonds is 5. The average molecular weight is 387 g/mol. The molecule has 0 saturated carbocycles. The van der Waals surface area contributed by atoms with Gasteiger partial charge in [0.05, 0.1) is 14.9 Å². The first kappa shape index (κ1) is 18.4. The number of hydrogen-bond donors (Lipinski definition) is 1. The second-order valence-electron chi connectivity index (χ2n) is 4.74. The van der Waals surface area contributed by atoms with Gasteiger partial charge in [0.25, 0.3) is 5.91 Å². The molecule has 0 saturated heterocycles. The van der Waals surface area contributed by atoms with E-state index in [-0.39, 0.29) is 21.5 Å². The number of nitrogens with one attached hydrogen (secondary N) is 1. The van der Waals surface area contributed by atoms with Crippen molar-refractivity contribution >= 4 is 58.0 Å². The normalized spacial score (nSPS) is 11.7. The molecule has 0 fully saturated rings. The highest BCUT2D eigenvalue weighted by Crippen LogP contribution is 2.23. The van der Waals surface area contributed by atoms with E-state index in [1.54, 1.807) is 0 Å². The average Bonchev–Trinajstić information content (AvgIpc) is 3.00. The number of carbonyl (C=O) groups is 3. The predicted octanol–water partition coefficient (Wildman–Crippen LogP) is 3.84. The molecule has 2 aromatic heterocycles. The maximum absolute atomic E-state index is 12.1. The molecular formula is C15H12Cl2N2O4S. The van der Waals surface area contributed by atoms with E-state index in [2.05, 4.69) is 10.3 Å². The number of amides is 1. The van der Waals surface area contributed by atoms with Crippen molar-refractivity contribution in [2.45, 2.75) is 20.0 Å². The monoisotopic (exact) mass is 386 g/mol. The molecule has 1 unspecified atom stereocenters. The van der Waals surface area contributed by atoms with E-state index in [0.717, 1.165) is 11.3 Å². The van der Waals surface area contributed by atoms with Crippen molar-refractivity contribution < 1.29 is 19.1 Å². The Balaban J connectivity index is 2.00. The summed E-state index contributed by atoms with van der Waals surface area (Å²) in [5.74, 6) is -1.31. The van der Waals surface area contributed by atoms with Gasteiger partial charge in [-0.2, -0.15) is 0 Å². The Hall–Kier alpha value is -1.96. The minimum Gasteiger partial charge on any atom is -0.448 e. The molecule has 9 heteroatoms. The summed E-state index contributed by atoms with van der Waals surface area (Å²) in [6.45, 7) is 2.82. The number of anilines is 1. The number of halogens is 2. The summed E-state index contributed by atoms with van der Waals surface area (Å²) in [6, 6.07) is 4.44. The summed E-state index contributed by atoms with van der Waals surface area (Å²) in [7, 11) is 0. The minimum atomic E-state index is -1.08. The molecule has 2 rings (SSSR count). The number of nitrogens with zero attached hydrogens (tertiary/aromatic N) is 1. The highest BCUT2D eigenvalue weighted by Gasteiger charge is 2.21. The molecule has 24 heavy (non-hydrogen) atoms. The van der Waals surface area contributed by atoms with Crippen LogP contribution in [-0.2, 0) is 9.53 Å². The Morgan fingerprint density at radius 2 is 1.92 bits per heavy atom. The van der Waals surface area contributed by atoms with E-state index >= 15 is 0 Å². The second kappa shape index (κ2) is 7.74. The zero-order valence-corrected chi connectivity index (χ0v) is 15.0. The van der Waals surface area contributed by atoms with Crippen molar-refractivity contribution in [3.05, 3.63) is 44.2 Å². The van der Waals surface area contributed by atoms with Crippen LogP contribution in [0.4, 0.5) is 5.82 Å². The molecule has 0 spiro atoms. The molecule has 0 radical (unpaired) electrons. The Labute approximate surface area is 151 Å². The summed E-state index contributed by atoms with van der Waals surface area (Å²) in [4.78, 5) is 39.9. The van der Waals surface area contributed by atoms with Crippen LogP contribution < -0.4 is 5.32 Å². The summed E-state index contributed by atoms with van der Waals surface area (Å²) < 4.78 is 5.08. The number of thiophene rings is 1. The lowest BCUT2D eigenvalue weighted by molar-refractivity contribution is -0.123. The highest BCUT2D eigenvalue weighted by atomic mass is 35.5. The van der Waals surface area contributed by atoms with Gasteiger partial charge in [0.15, 0.2) is 17.7 Å². The summed E-state index contributed by atoms with van der Waals surface area (Å²) in [6.07, 6.45) is 0.253. The van der Waals surface area contributed by atoms with Crippen LogP contribution in [0.3, 0.4) is 0 Å². The van der Waals surface area contributed by atoms with Crippen molar-refractivity contribution in [3.8, 4) is 0 Å². The van der Waals surface area contributed by atoms with E-state index in [1.165, 1.54) is 38.2 Å². The molecule has 6 nitrogen and oxygen atoms in total. The number of ether oxygens (including phenoxy) is 1. The van der Waals surface area contributed by atoms with Crippen LogP contribution in [0.5, 0.6) is 0 Å². The van der Waals surface area contributed by atoms with Gasteiger partial charge in [0.2, 0.25) is 0 Å². The van der Waals surface area contributed by atoms with Gasteiger partial charge in [-0.15, -0.1) is 11.3 Å². The molecule has 0 bridgehead atoms. The largest absolute Gasteiger partial charge is 0.448 e. The molecule has 126 valence electrons. The standard InChI is InChI=1S/C15H12Cl2N2O4S/c1-7(20)11-3-4-12(24-11)15(22)23-8(2)14(21)19-13-10(17)5-9(16)6-18-13/h3-6,8H,1-2H3,(H,18,19,21). The topological polar surface area (TPSA) is 85.4 Å². The first-order valence-electron chi connectivity index (χ1n) is 6.71. The van der Waals surface area contributed by atoms with Crippen LogP contribution in [0.15, 0.2) is 24.4 Å². The van der Waals surface area contributed by atoms with Crippen molar-refractivity contribution in [1.29, 1.82) is 0 Å². The fourth-order valence-corrected chi connectivity index (χ4v) is 2.85. The van der Waals surface area contributed by atoms with Gasteiger partial charge in [0, 0.05) is 6.20 Å². The predicted molar refractivity (Wildman–Crippen MR) is 92.1 cm³/mol. The van der Waals surface area contributed by atoms with Crippen LogP contribution in [0.25, 0.3) is 0 Å². The molecule has 0 aromatic carbocycles. The lowest BCUT2D eigenvalue weighted by Crippen LogP contribution is -2.30. The molecular weight excluding hydrogens is 375 g/mol.